The van der Waals surface area contributed by atoms with Gasteiger partial charge in [-0.3, -0.25) is 10.2 Å². The molecule has 0 bridgehead atoms. The molecule has 0 saturated carbocycles. The zero-order valence-corrected chi connectivity index (χ0v) is 20.5. The van der Waals surface area contributed by atoms with Gasteiger partial charge in [0.2, 0.25) is 5.91 Å². The number of para-hydroxylation sites is 1. The number of hydrogen-bond acceptors (Lipinski definition) is 4. The standard InChI is InChI=1S/C27H34N4OS/c1-4-5-6-16-27(21-13-8-12-20(17-21)25(28)29)26(32)30-24-22(14-9-15-23(24)33-27)31-18(2)10-7-11-19(31)3/h6,8-9,12-19H,4-5,7,10-11H2,1-3H3,(H3,28,29)(H,30,32)/b16-6+/t18-,19+,27?. The number of nitrogen functional groups attached to an aromatic ring is 1. The van der Waals surface area contributed by atoms with Crippen LogP contribution in [-0.2, 0) is 9.54 Å². The number of hydrogen-bond donors (Lipinski definition) is 3. The lowest BCUT2D eigenvalue weighted by molar-refractivity contribution is -0.117. The van der Waals surface area contributed by atoms with Gasteiger partial charge in [0, 0.05) is 22.5 Å². The molecule has 5 nitrogen and oxygen atoms in total. The topological polar surface area (TPSA) is 82.2 Å². The zero-order valence-electron chi connectivity index (χ0n) is 19.7. The van der Waals surface area contributed by atoms with Crippen molar-refractivity contribution in [1.82, 2.24) is 0 Å². The molecule has 33 heavy (non-hydrogen) atoms. The van der Waals surface area contributed by atoms with Gasteiger partial charge in [-0.1, -0.05) is 61.5 Å². The van der Waals surface area contributed by atoms with Crippen molar-refractivity contribution in [3.8, 4) is 0 Å². The Kier molecular flexibility index (Phi) is 6.84. The Hall–Kier alpha value is -2.73. The first kappa shape index (κ1) is 23.4. The van der Waals surface area contributed by atoms with Crippen LogP contribution in [0.25, 0.3) is 0 Å². The maximum Gasteiger partial charge on any atom is 0.249 e. The Balaban J connectivity index is 1.81. The summed E-state index contributed by atoms with van der Waals surface area (Å²) in [5.41, 5.74) is 9.25. The minimum absolute atomic E-state index is 0.00140. The fourth-order valence-corrected chi connectivity index (χ4v) is 6.30. The molecule has 174 valence electrons. The number of carbonyl (C=O) groups excluding carboxylic acids is 1. The van der Waals surface area contributed by atoms with Gasteiger partial charge in [0.25, 0.3) is 0 Å². The van der Waals surface area contributed by atoms with Gasteiger partial charge >= 0.3 is 0 Å². The molecule has 4 rings (SSSR count). The third-order valence-corrected chi connectivity index (χ3v) is 8.17. The first-order valence-electron chi connectivity index (χ1n) is 11.9. The van der Waals surface area contributed by atoms with Gasteiger partial charge in [0.15, 0.2) is 0 Å². The third kappa shape index (κ3) is 4.41. The number of thioether (sulfide) groups is 1. The molecule has 6 heteroatoms. The number of nitrogens with zero attached hydrogens (tertiary/aromatic N) is 1. The number of benzene rings is 2. The Morgan fingerprint density at radius 2 is 1.97 bits per heavy atom. The van der Waals surface area contributed by atoms with Crippen molar-refractivity contribution < 1.29 is 4.79 Å². The fraction of sp³-hybridized carbons (Fsp3) is 0.407. The molecule has 0 aliphatic carbocycles. The number of allylic oxidation sites excluding steroid dienone is 1. The molecule has 3 atom stereocenters. The first-order valence-corrected chi connectivity index (χ1v) is 12.7. The van der Waals surface area contributed by atoms with E-state index in [1.807, 2.05) is 30.3 Å². The van der Waals surface area contributed by atoms with E-state index in [1.165, 1.54) is 6.42 Å². The van der Waals surface area contributed by atoms with Crippen molar-refractivity contribution in [2.45, 2.75) is 74.6 Å². The summed E-state index contributed by atoms with van der Waals surface area (Å²) in [6, 6.07) is 14.7. The molecule has 1 saturated heterocycles. The van der Waals surface area contributed by atoms with E-state index in [9.17, 15) is 4.79 Å². The van der Waals surface area contributed by atoms with Gasteiger partial charge in [-0.05, 0) is 63.3 Å². The number of amidine groups is 1. The lowest BCUT2D eigenvalue weighted by Gasteiger charge is -2.43. The molecule has 2 heterocycles. The van der Waals surface area contributed by atoms with Crippen LogP contribution < -0.4 is 16.0 Å². The van der Waals surface area contributed by atoms with Gasteiger partial charge in [-0.25, -0.2) is 0 Å². The summed E-state index contributed by atoms with van der Waals surface area (Å²) in [5, 5.41) is 11.2. The third-order valence-electron chi connectivity index (χ3n) is 6.73. The van der Waals surface area contributed by atoms with Crippen LogP contribution in [0.3, 0.4) is 0 Å². The van der Waals surface area contributed by atoms with E-state index < -0.39 is 4.75 Å². The summed E-state index contributed by atoms with van der Waals surface area (Å²) in [6.07, 6.45) is 9.60. The van der Waals surface area contributed by atoms with Crippen LogP contribution >= 0.6 is 11.8 Å². The molecular weight excluding hydrogens is 428 g/mol. The van der Waals surface area contributed by atoms with Crippen LogP contribution in [0.15, 0.2) is 59.5 Å². The molecule has 0 radical (unpaired) electrons. The SMILES string of the molecule is CCC/C=C/C1(c2cccc(C(=N)N)c2)Sc2cccc(N3[C@H](C)CCC[C@@H]3C)c2NC1=O. The summed E-state index contributed by atoms with van der Waals surface area (Å²) in [6.45, 7) is 6.68. The van der Waals surface area contributed by atoms with Gasteiger partial charge in [-0.2, -0.15) is 0 Å². The van der Waals surface area contributed by atoms with E-state index in [0.717, 1.165) is 47.5 Å². The summed E-state index contributed by atoms with van der Waals surface area (Å²) >= 11 is 1.58. The predicted molar refractivity (Wildman–Crippen MR) is 139 cm³/mol. The van der Waals surface area contributed by atoms with Crippen molar-refractivity contribution in [1.29, 1.82) is 5.41 Å². The number of rotatable bonds is 6. The van der Waals surface area contributed by atoms with E-state index in [2.05, 4.69) is 55.3 Å². The minimum Gasteiger partial charge on any atom is -0.384 e. The Morgan fingerprint density at radius 1 is 1.24 bits per heavy atom. The molecule has 0 spiro atoms. The highest BCUT2D eigenvalue weighted by atomic mass is 32.2. The highest BCUT2D eigenvalue weighted by Gasteiger charge is 2.44. The summed E-state index contributed by atoms with van der Waals surface area (Å²) in [7, 11) is 0. The zero-order chi connectivity index (χ0) is 23.6. The normalized spacial score (nSPS) is 25.1. The van der Waals surface area contributed by atoms with E-state index in [1.54, 1.807) is 11.8 Å². The summed E-state index contributed by atoms with van der Waals surface area (Å²) < 4.78 is -0.911. The number of carbonyl (C=O) groups is 1. The molecule has 2 aliphatic heterocycles. The maximum atomic E-state index is 13.9. The highest BCUT2D eigenvalue weighted by molar-refractivity contribution is 8.01. The second kappa shape index (κ2) is 9.64. The molecule has 2 aliphatic rings. The van der Waals surface area contributed by atoms with Crippen molar-refractivity contribution >= 4 is 34.9 Å². The Bertz CT molecular complexity index is 1070. The average molecular weight is 463 g/mol. The van der Waals surface area contributed by atoms with Crippen LogP contribution in [-0.4, -0.2) is 23.8 Å². The fourth-order valence-electron chi connectivity index (χ4n) is 5.00. The molecule has 1 amide bonds. The number of unbranched alkanes of at least 4 members (excludes halogenated alkanes) is 1. The first-order chi connectivity index (χ1) is 15.9. The van der Waals surface area contributed by atoms with Crippen molar-refractivity contribution in [3.63, 3.8) is 0 Å². The molecular formula is C27H34N4OS. The minimum atomic E-state index is -0.911. The summed E-state index contributed by atoms with van der Waals surface area (Å²) in [5.74, 6) is -0.0562. The van der Waals surface area contributed by atoms with Crippen LogP contribution in [0.4, 0.5) is 11.4 Å². The Labute approximate surface area is 201 Å². The predicted octanol–water partition coefficient (Wildman–Crippen LogP) is 6.03. The maximum absolute atomic E-state index is 13.9. The van der Waals surface area contributed by atoms with Gasteiger partial charge < -0.3 is 16.0 Å². The van der Waals surface area contributed by atoms with E-state index in [0.29, 0.717) is 17.6 Å². The van der Waals surface area contributed by atoms with Gasteiger partial charge in [0.1, 0.15) is 10.6 Å². The average Bonchev–Trinajstić information content (AvgIpc) is 2.80. The smallest absolute Gasteiger partial charge is 0.249 e. The van der Waals surface area contributed by atoms with Crippen LogP contribution in [0.5, 0.6) is 0 Å². The molecule has 2 aromatic carbocycles. The number of piperidine rings is 1. The molecule has 2 aromatic rings. The van der Waals surface area contributed by atoms with Crippen LogP contribution in [0, 0.1) is 5.41 Å². The largest absolute Gasteiger partial charge is 0.384 e. The molecule has 0 aromatic heterocycles. The second-order valence-electron chi connectivity index (χ2n) is 9.16. The van der Waals surface area contributed by atoms with Gasteiger partial charge in [-0.15, -0.1) is 0 Å². The number of nitrogens with two attached hydrogens (primary N) is 1. The second-order valence-corrected chi connectivity index (χ2v) is 10.5. The number of fused-ring (bicyclic) bond motifs is 1. The molecule has 1 fully saturated rings. The van der Waals surface area contributed by atoms with Crippen LogP contribution in [0.1, 0.15) is 64.0 Å². The van der Waals surface area contributed by atoms with E-state index in [4.69, 9.17) is 11.1 Å². The molecule has 4 N–H and O–H groups in total. The van der Waals surface area contributed by atoms with Crippen molar-refractivity contribution in [2.24, 2.45) is 5.73 Å². The Morgan fingerprint density at radius 3 is 2.67 bits per heavy atom. The number of anilines is 2. The van der Waals surface area contributed by atoms with E-state index >= 15 is 0 Å². The number of amides is 1. The number of nitrogens with one attached hydrogen (secondary N) is 2. The van der Waals surface area contributed by atoms with E-state index in [-0.39, 0.29) is 11.7 Å². The van der Waals surface area contributed by atoms with Gasteiger partial charge in [0.05, 0.1) is 11.4 Å². The quantitative estimate of drug-likeness (QED) is 0.278. The lowest BCUT2D eigenvalue weighted by Crippen LogP contribution is -2.45. The lowest BCUT2D eigenvalue weighted by atomic mass is 9.93. The highest BCUT2D eigenvalue weighted by Crippen LogP contribution is 2.53. The van der Waals surface area contributed by atoms with Crippen molar-refractivity contribution in [3.05, 3.63) is 65.7 Å². The summed E-state index contributed by atoms with van der Waals surface area (Å²) in [4.78, 5) is 17.4. The van der Waals surface area contributed by atoms with Crippen molar-refractivity contribution in [2.75, 3.05) is 10.2 Å². The monoisotopic (exact) mass is 462 g/mol. The van der Waals surface area contributed by atoms with Crippen LogP contribution in [0.2, 0.25) is 0 Å². The molecule has 1 unspecified atom stereocenters.